The molecule has 2 nitrogen and oxygen atoms in total. The van der Waals surface area contributed by atoms with Crippen LogP contribution in [0.15, 0.2) is 11.3 Å². The molecule has 4 unspecified atom stereocenters. The Morgan fingerprint density at radius 3 is 2.71 bits per heavy atom. The minimum Gasteiger partial charge on any atom is -0.495 e. The quantitative estimate of drug-likeness (QED) is 0.698. The molecule has 3 aliphatic rings. The van der Waals surface area contributed by atoms with Crippen LogP contribution in [0.3, 0.4) is 0 Å². The number of hydrogen-bond acceptors (Lipinski definition) is 2. The molecule has 0 aromatic rings. The number of rotatable bonds is 0. The van der Waals surface area contributed by atoms with Gasteiger partial charge in [-0.15, -0.1) is 0 Å². The summed E-state index contributed by atoms with van der Waals surface area (Å²) in [6, 6.07) is 0. The maximum Gasteiger partial charge on any atom is 0.0959 e. The fraction of sp³-hybridized carbons (Fsp3) is 0.867. The zero-order valence-electron chi connectivity index (χ0n) is 11.3. The first-order valence-corrected chi connectivity index (χ1v) is 7.05. The fourth-order valence-corrected chi connectivity index (χ4v) is 4.24. The van der Waals surface area contributed by atoms with Gasteiger partial charge in [-0.3, -0.25) is 0 Å². The molecule has 0 aromatic heterocycles. The van der Waals surface area contributed by atoms with E-state index in [2.05, 4.69) is 13.8 Å². The van der Waals surface area contributed by atoms with Gasteiger partial charge in [-0.1, -0.05) is 6.92 Å². The van der Waals surface area contributed by atoms with Crippen molar-refractivity contribution >= 4 is 0 Å². The van der Waals surface area contributed by atoms with Crippen molar-refractivity contribution in [1.29, 1.82) is 0 Å². The Bertz CT molecular complexity index is 369. The lowest BCUT2D eigenvalue weighted by molar-refractivity contribution is -0.0648. The predicted molar refractivity (Wildman–Crippen MR) is 67.5 cm³/mol. The molecule has 0 amide bonds. The van der Waals surface area contributed by atoms with Gasteiger partial charge in [0.05, 0.1) is 17.5 Å². The lowest BCUT2D eigenvalue weighted by Gasteiger charge is -2.47. The molecule has 0 radical (unpaired) electrons. The van der Waals surface area contributed by atoms with Crippen LogP contribution in [-0.4, -0.2) is 16.8 Å². The van der Waals surface area contributed by atoms with Gasteiger partial charge in [-0.2, -0.15) is 0 Å². The summed E-state index contributed by atoms with van der Waals surface area (Å²) in [5.74, 6) is 1.83. The molecule has 0 saturated heterocycles. The second-order valence-electron chi connectivity index (χ2n) is 6.70. The third-order valence-electron chi connectivity index (χ3n) is 5.73. The first-order chi connectivity index (χ1) is 7.94. The van der Waals surface area contributed by atoms with Gasteiger partial charge < -0.3 is 9.84 Å². The topological polar surface area (TPSA) is 29.5 Å². The molecular formula is C15H24O2. The van der Waals surface area contributed by atoms with Crippen molar-refractivity contribution in [3.05, 3.63) is 11.3 Å². The first-order valence-electron chi connectivity index (χ1n) is 7.05. The van der Waals surface area contributed by atoms with Crippen molar-refractivity contribution in [3.8, 4) is 0 Å². The van der Waals surface area contributed by atoms with E-state index in [4.69, 9.17) is 4.74 Å². The van der Waals surface area contributed by atoms with Crippen LogP contribution in [0.1, 0.15) is 59.3 Å². The summed E-state index contributed by atoms with van der Waals surface area (Å²) >= 11 is 0. The largest absolute Gasteiger partial charge is 0.495 e. The lowest BCUT2D eigenvalue weighted by Crippen LogP contribution is -2.45. The van der Waals surface area contributed by atoms with E-state index in [0.717, 1.165) is 32.1 Å². The zero-order chi connectivity index (χ0) is 12.3. The minimum absolute atomic E-state index is 0.0791. The van der Waals surface area contributed by atoms with Crippen LogP contribution in [0.25, 0.3) is 0 Å². The van der Waals surface area contributed by atoms with Gasteiger partial charge in [0.1, 0.15) is 0 Å². The predicted octanol–water partition coefficient (Wildman–Crippen LogP) is 3.40. The van der Waals surface area contributed by atoms with Crippen LogP contribution >= 0.6 is 0 Å². The standard InChI is InChI=1S/C15H24O2/c1-10-4-5-11-12-6-9-15(3,16)14(12,2)8-7-13(11)17-10/h10,12,16H,4-9H2,1-3H3. The number of allylic oxidation sites excluding steroid dienone is 2. The number of ether oxygens (including phenoxy) is 1. The highest BCUT2D eigenvalue weighted by molar-refractivity contribution is 5.26. The van der Waals surface area contributed by atoms with E-state index >= 15 is 0 Å². The molecule has 1 fully saturated rings. The Balaban J connectivity index is 1.97. The molecule has 1 N–H and O–H groups in total. The van der Waals surface area contributed by atoms with E-state index in [1.54, 1.807) is 0 Å². The summed E-state index contributed by atoms with van der Waals surface area (Å²) in [4.78, 5) is 0. The summed E-state index contributed by atoms with van der Waals surface area (Å²) in [7, 11) is 0. The van der Waals surface area contributed by atoms with Gasteiger partial charge >= 0.3 is 0 Å². The van der Waals surface area contributed by atoms with Crippen molar-refractivity contribution in [3.63, 3.8) is 0 Å². The second kappa shape index (κ2) is 3.50. The number of fused-ring (bicyclic) bond motifs is 2. The fourth-order valence-electron chi connectivity index (χ4n) is 4.24. The highest BCUT2D eigenvalue weighted by Gasteiger charge is 2.56. The average molecular weight is 236 g/mol. The van der Waals surface area contributed by atoms with E-state index in [1.165, 1.54) is 17.8 Å². The molecule has 1 heterocycles. The number of hydrogen-bond donors (Lipinski definition) is 1. The summed E-state index contributed by atoms with van der Waals surface area (Å²) in [6.07, 6.45) is 6.92. The van der Waals surface area contributed by atoms with E-state index < -0.39 is 5.60 Å². The normalized spacial score (nSPS) is 49.6. The summed E-state index contributed by atoms with van der Waals surface area (Å²) < 4.78 is 6.01. The SMILES string of the molecule is CC1CCC2=C(CCC3(C)C2CCC3(C)O)O1. The Morgan fingerprint density at radius 2 is 1.94 bits per heavy atom. The molecule has 1 aliphatic heterocycles. The van der Waals surface area contributed by atoms with E-state index in [9.17, 15) is 5.11 Å². The third-order valence-corrected chi connectivity index (χ3v) is 5.73. The minimum atomic E-state index is -0.487. The van der Waals surface area contributed by atoms with Crippen molar-refractivity contribution in [2.75, 3.05) is 0 Å². The summed E-state index contributed by atoms with van der Waals surface area (Å²) in [5, 5.41) is 10.6. The molecule has 0 aromatic carbocycles. The van der Waals surface area contributed by atoms with Crippen LogP contribution in [0.2, 0.25) is 0 Å². The Kier molecular flexibility index (Phi) is 2.39. The number of aliphatic hydroxyl groups is 1. The highest BCUT2D eigenvalue weighted by Crippen LogP contribution is 2.60. The van der Waals surface area contributed by atoms with Crippen molar-refractivity contribution in [2.24, 2.45) is 11.3 Å². The molecule has 4 atom stereocenters. The van der Waals surface area contributed by atoms with Gasteiger partial charge in [0, 0.05) is 11.8 Å². The van der Waals surface area contributed by atoms with Gasteiger partial charge in [-0.25, -0.2) is 0 Å². The first kappa shape index (κ1) is 11.6. The van der Waals surface area contributed by atoms with E-state index in [1.807, 2.05) is 6.92 Å². The molecule has 17 heavy (non-hydrogen) atoms. The summed E-state index contributed by atoms with van der Waals surface area (Å²) in [6.45, 7) is 6.49. The molecule has 0 bridgehead atoms. The van der Waals surface area contributed by atoms with Crippen molar-refractivity contribution < 1.29 is 9.84 Å². The third kappa shape index (κ3) is 1.49. The molecule has 2 heteroatoms. The van der Waals surface area contributed by atoms with Crippen LogP contribution in [0.4, 0.5) is 0 Å². The van der Waals surface area contributed by atoms with Crippen LogP contribution in [0.5, 0.6) is 0 Å². The van der Waals surface area contributed by atoms with Crippen molar-refractivity contribution in [2.45, 2.75) is 71.0 Å². The molecule has 3 rings (SSSR count). The van der Waals surface area contributed by atoms with Crippen LogP contribution in [0, 0.1) is 11.3 Å². The smallest absolute Gasteiger partial charge is 0.0959 e. The Labute approximate surface area is 104 Å². The maximum absolute atomic E-state index is 10.6. The zero-order valence-corrected chi connectivity index (χ0v) is 11.3. The van der Waals surface area contributed by atoms with Crippen LogP contribution in [-0.2, 0) is 4.74 Å². The average Bonchev–Trinajstić information content (AvgIpc) is 2.51. The Morgan fingerprint density at radius 1 is 1.18 bits per heavy atom. The van der Waals surface area contributed by atoms with E-state index in [0.29, 0.717) is 12.0 Å². The molecular weight excluding hydrogens is 212 g/mol. The van der Waals surface area contributed by atoms with Gasteiger partial charge in [0.2, 0.25) is 0 Å². The van der Waals surface area contributed by atoms with Crippen molar-refractivity contribution in [1.82, 2.24) is 0 Å². The van der Waals surface area contributed by atoms with Gasteiger partial charge in [0.25, 0.3) is 0 Å². The second-order valence-corrected chi connectivity index (χ2v) is 6.70. The molecule has 96 valence electrons. The monoisotopic (exact) mass is 236 g/mol. The molecule has 1 saturated carbocycles. The molecule has 0 spiro atoms. The van der Waals surface area contributed by atoms with Crippen LogP contribution < -0.4 is 0 Å². The molecule has 2 aliphatic carbocycles. The summed E-state index contributed by atoms with van der Waals surface area (Å²) in [5.41, 5.74) is 1.13. The van der Waals surface area contributed by atoms with E-state index in [-0.39, 0.29) is 5.41 Å². The van der Waals surface area contributed by atoms with Gasteiger partial charge in [-0.05, 0) is 57.4 Å². The highest BCUT2D eigenvalue weighted by atomic mass is 16.5. The lowest BCUT2D eigenvalue weighted by atomic mass is 9.62. The maximum atomic E-state index is 10.6. The Hall–Kier alpha value is -0.500. The van der Waals surface area contributed by atoms with Gasteiger partial charge in [0.15, 0.2) is 0 Å².